The summed E-state index contributed by atoms with van der Waals surface area (Å²) in [6.45, 7) is 0.612. The molecule has 1 aliphatic heterocycles. The van der Waals surface area contributed by atoms with E-state index in [1.165, 1.54) is 7.05 Å². The Bertz CT molecular complexity index is 567. The highest BCUT2D eigenvalue weighted by atomic mass is 32.2. The van der Waals surface area contributed by atoms with Gasteiger partial charge in [-0.05, 0) is 18.2 Å². The van der Waals surface area contributed by atoms with Gasteiger partial charge < -0.3 is 4.74 Å². The maximum absolute atomic E-state index is 12.5. The Morgan fingerprint density at radius 2 is 2.05 bits per heavy atom. The molecule has 0 bridgehead atoms. The van der Waals surface area contributed by atoms with E-state index in [-0.39, 0.29) is 17.5 Å². The Kier molecular flexibility index (Phi) is 3.59. The first kappa shape index (κ1) is 14.3. The number of epoxide rings is 1. The van der Waals surface area contributed by atoms with E-state index in [0.717, 1.165) is 22.5 Å². The molecular formula is C11H12F3NO3S. The minimum Gasteiger partial charge on any atom is -0.372 e. The van der Waals surface area contributed by atoms with Crippen LogP contribution in [0.1, 0.15) is 5.56 Å². The molecule has 0 amide bonds. The molecule has 8 heteroatoms. The molecule has 1 fully saturated rings. The van der Waals surface area contributed by atoms with Crippen molar-refractivity contribution in [2.45, 2.75) is 17.2 Å². The number of ether oxygens (including phenoxy) is 1. The van der Waals surface area contributed by atoms with Gasteiger partial charge in [0.05, 0.1) is 23.2 Å². The average molecular weight is 295 g/mol. The van der Waals surface area contributed by atoms with Gasteiger partial charge in [0.25, 0.3) is 0 Å². The van der Waals surface area contributed by atoms with Gasteiger partial charge in [0, 0.05) is 13.6 Å². The molecule has 2 rings (SSSR count). The van der Waals surface area contributed by atoms with Crippen LogP contribution in [0.5, 0.6) is 0 Å². The molecule has 1 saturated heterocycles. The minimum atomic E-state index is -4.57. The Morgan fingerprint density at radius 3 is 2.58 bits per heavy atom. The number of sulfonamides is 1. The molecule has 1 aromatic rings. The number of benzene rings is 1. The fourth-order valence-corrected chi connectivity index (χ4v) is 2.82. The molecule has 19 heavy (non-hydrogen) atoms. The lowest BCUT2D eigenvalue weighted by molar-refractivity contribution is -0.137. The van der Waals surface area contributed by atoms with Gasteiger partial charge in [-0.3, -0.25) is 0 Å². The van der Waals surface area contributed by atoms with Crippen LogP contribution in [0.2, 0.25) is 0 Å². The first-order chi connectivity index (χ1) is 8.71. The van der Waals surface area contributed by atoms with E-state index in [1.807, 2.05) is 0 Å². The third kappa shape index (κ3) is 3.26. The third-order valence-electron chi connectivity index (χ3n) is 2.73. The van der Waals surface area contributed by atoms with E-state index in [0.29, 0.717) is 12.7 Å². The van der Waals surface area contributed by atoms with Crippen LogP contribution >= 0.6 is 0 Å². The number of hydrogen-bond acceptors (Lipinski definition) is 3. The monoisotopic (exact) mass is 295 g/mol. The molecule has 0 spiro atoms. The molecule has 4 nitrogen and oxygen atoms in total. The second kappa shape index (κ2) is 4.77. The molecule has 1 aliphatic rings. The van der Waals surface area contributed by atoms with Crippen LogP contribution in [-0.4, -0.2) is 39.0 Å². The molecule has 1 heterocycles. The van der Waals surface area contributed by atoms with E-state index in [1.54, 1.807) is 0 Å². The van der Waals surface area contributed by atoms with Crippen LogP contribution < -0.4 is 0 Å². The number of halogens is 3. The molecule has 1 atom stereocenters. The highest BCUT2D eigenvalue weighted by molar-refractivity contribution is 7.89. The summed E-state index contributed by atoms with van der Waals surface area (Å²) in [6.07, 6.45) is -4.73. The molecule has 0 aromatic heterocycles. The molecule has 1 aromatic carbocycles. The molecule has 0 saturated carbocycles. The highest BCUT2D eigenvalue weighted by Gasteiger charge is 2.34. The van der Waals surface area contributed by atoms with E-state index >= 15 is 0 Å². The zero-order valence-corrected chi connectivity index (χ0v) is 10.8. The van der Waals surface area contributed by atoms with Crippen LogP contribution in [0.4, 0.5) is 13.2 Å². The topological polar surface area (TPSA) is 49.9 Å². The molecule has 0 radical (unpaired) electrons. The lowest BCUT2D eigenvalue weighted by atomic mass is 10.2. The van der Waals surface area contributed by atoms with Crippen molar-refractivity contribution >= 4 is 10.0 Å². The number of nitrogens with zero attached hydrogens (tertiary/aromatic N) is 1. The zero-order valence-electron chi connectivity index (χ0n) is 10.0. The Hall–Kier alpha value is -1.12. The van der Waals surface area contributed by atoms with Gasteiger partial charge in [0.1, 0.15) is 0 Å². The van der Waals surface area contributed by atoms with Gasteiger partial charge in [-0.2, -0.15) is 17.5 Å². The molecule has 1 unspecified atom stereocenters. The second-order valence-electron chi connectivity index (χ2n) is 4.27. The SMILES string of the molecule is CN(CC1CO1)S(=O)(=O)c1cccc(C(F)(F)F)c1. The summed E-state index contributed by atoms with van der Waals surface area (Å²) in [5.41, 5.74) is -0.982. The van der Waals surface area contributed by atoms with Crippen molar-refractivity contribution in [3.63, 3.8) is 0 Å². The van der Waals surface area contributed by atoms with Crippen molar-refractivity contribution in [1.82, 2.24) is 4.31 Å². The van der Waals surface area contributed by atoms with Gasteiger partial charge in [0.15, 0.2) is 0 Å². The van der Waals surface area contributed by atoms with Crippen LogP contribution in [0.25, 0.3) is 0 Å². The second-order valence-corrected chi connectivity index (χ2v) is 6.31. The smallest absolute Gasteiger partial charge is 0.372 e. The molecule has 0 aliphatic carbocycles. The standard InChI is InChI=1S/C11H12F3NO3S/c1-15(6-9-7-18-9)19(16,17)10-4-2-3-8(5-10)11(12,13)14/h2-5,9H,6-7H2,1H3. The number of hydrogen-bond donors (Lipinski definition) is 0. The van der Waals surface area contributed by atoms with E-state index in [2.05, 4.69) is 0 Å². The summed E-state index contributed by atoms with van der Waals surface area (Å²) in [7, 11) is -2.61. The first-order valence-corrected chi connectivity index (χ1v) is 6.90. The molecular weight excluding hydrogens is 283 g/mol. The number of alkyl halides is 3. The summed E-state index contributed by atoms with van der Waals surface area (Å²) >= 11 is 0. The van der Waals surface area contributed by atoms with Crippen molar-refractivity contribution in [2.75, 3.05) is 20.2 Å². The van der Waals surface area contributed by atoms with Crippen LogP contribution in [-0.2, 0) is 20.9 Å². The van der Waals surface area contributed by atoms with Gasteiger partial charge in [-0.25, -0.2) is 8.42 Å². The highest BCUT2D eigenvalue weighted by Crippen LogP contribution is 2.31. The van der Waals surface area contributed by atoms with E-state index in [4.69, 9.17) is 4.74 Å². The quantitative estimate of drug-likeness (QED) is 0.795. The third-order valence-corrected chi connectivity index (χ3v) is 4.55. The van der Waals surface area contributed by atoms with Crippen LogP contribution in [0.15, 0.2) is 29.2 Å². The fourth-order valence-electron chi connectivity index (χ4n) is 1.57. The maximum atomic E-state index is 12.5. The molecule has 106 valence electrons. The van der Waals surface area contributed by atoms with Gasteiger partial charge in [-0.15, -0.1) is 0 Å². The fraction of sp³-hybridized carbons (Fsp3) is 0.455. The Labute approximate surface area is 108 Å². The number of rotatable bonds is 4. The summed E-state index contributed by atoms with van der Waals surface area (Å²) < 4.78 is 67.7. The lowest BCUT2D eigenvalue weighted by Gasteiger charge is -2.17. The van der Waals surface area contributed by atoms with E-state index < -0.39 is 21.8 Å². The predicted octanol–water partition coefficient (Wildman–Crippen LogP) is 1.72. The van der Waals surface area contributed by atoms with Crippen molar-refractivity contribution in [3.05, 3.63) is 29.8 Å². The van der Waals surface area contributed by atoms with E-state index in [9.17, 15) is 21.6 Å². The van der Waals surface area contributed by atoms with Crippen LogP contribution in [0, 0.1) is 0 Å². The zero-order chi connectivity index (χ0) is 14.3. The van der Waals surface area contributed by atoms with Gasteiger partial charge >= 0.3 is 6.18 Å². The van der Waals surface area contributed by atoms with Crippen molar-refractivity contribution in [3.8, 4) is 0 Å². The van der Waals surface area contributed by atoms with Gasteiger partial charge in [0.2, 0.25) is 10.0 Å². The summed E-state index contributed by atoms with van der Waals surface area (Å²) in [4.78, 5) is -0.370. The average Bonchev–Trinajstić information content (AvgIpc) is 3.12. The molecule has 0 N–H and O–H groups in total. The summed E-state index contributed by atoms with van der Waals surface area (Å²) in [6, 6.07) is 3.70. The maximum Gasteiger partial charge on any atom is 0.416 e. The summed E-state index contributed by atoms with van der Waals surface area (Å²) in [5, 5.41) is 0. The predicted molar refractivity (Wildman–Crippen MR) is 61.0 cm³/mol. The van der Waals surface area contributed by atoms with Crippen LogP contribution in [0.3, 0.4) is 0 Å². The van der Waals surface area contributed by atoms with Gasteiger partial charge in [-0.1, -0.05) is 6.07 Å². The minimum absolute atomic E-state index is 0.137. The Morgan fingerprint density at radius 1 is 1.42 bits per heavy atom. The lowest BCUT2D eigenvalue weighted by Crippen LogP contribution is -2.30. The van der Waals surface area contributed by atoms with Crippen molar-refractivity contribution in [2.24, 2.45) is 0 Å². The normalized spacial score (nSPS) is 19.7. The first-order valence-electron chi connectivity index (χ1n) is 5.46. The number of likely N-dealkylation sites (N-methyl/N-ethyl adjacent to an activating group) is 1. The Balaban J connectivity index is 2.29. The van der Waals surface area contributed by atoms with Crippen molar-refractivity contribution < 1.29 is 26.3 Å². The summed E-state index contributed by atoms with van der Waals surface area (Å²) in [5.74, 6) is 0. The van der Waals surface area contributed by atoms with Crippen molar-refractivity contribution in [1.29, 1.82) is 0 Å². The largest absolute Gasteiger partial charge is 0.416 e.